The van der Waals surface area contributed by atoms with Gasteiger partial charge in [-0.25, -0.2) is 8.78 Å². The van der Waals surface area contributed by atoms with E-state index in [1.807, 2.05) is 0 Å². The Kier molecular flexibility index (Phi) is 7.32. The van der Waals surface area contributed by atoms with Crippen molar-refractivity contribution >= 4 is 52.4 Å². The van der Waals surface area contributed by atoms with Gasteiger partial charge in [0.25, 0.3) is 0 Å². The van der Waals surface area contributed by atoms with Crippen LogP contribution in [-0.2, 0) is 4.79 Å². The van der Waals surface area contributed by atoms with E-state index in [-0.39, 0.29) is 35.4 Å². The second-order valence-electron chi connectivity index (χ2n) is 7.44. The van der Waals surface area contributed by atoms with Crippen molar-refractivity contribution in [2.45, 2.75) is 13.0 Å². The molecular formula is C24H20ClF2N7O. The van der Waals surface area contributed by atoms with Crippen LogP contribution in [0.25, 0.3) is 0 Å². The molecule has 0 saturated carbocycles. The number of carbonyl (C=O) groups excluding carboxylic acids is 1. The number of carbonyl (C=O) groups is 1. The maximum atomic E-state index is 13.3. The average molecular weight is 496 g/mol. The molecule has 1 aromatic heterocycles. The lowest BCUT2D eigenvalue weighted by Crippen LogP contribution is -2.32. The molecular weight excluding hydrogens is 476 g/mol. The van der Waals surface area contributed by atoms with Crippen LogP contribution in [0.15, 0.2) is 72.8 Å². The van der Waals surface area contributed by atoms with Gasteiger partial charge in [-0.3, -0.25) is 4.79 Å². The van der Waals surface area contributed by atoms with Gasteiger partial charge in [0.05, 0.1) is 0 Å². The van der Waals surface area contributed by atoms with Crippen molar-refractivity contribution in [1.82, 2.24) is 15.0 Å². The first-order valence-electron chi connectivity index (χ1n) is 10.5. The summed E-state index contributed by atoms with van der Waals surface area (Å²) >= 11 is 5.97. The van der Waals surface area contributed by atoms with Crippen LogP contribution in [0, 0.1) is 11.6 Å². The van der Waals surface area contributed by atoms with Crippen molar-refractivity contribution in [3.8, 4) is 0 Å². The number of nitrogens with zero attached hydrogens (tertiary/aromatic N) is 3. The smallest absolute Gasteiger partial charge is 0.246 e. The number of nitrogens with one attached hydrogen (secondary N) is 4. The highest BCUT2D eigenvalue weighted by Gasteiger charge is 2.16. The third-order valence-electron chi connectivity index (χ3n) is 4.67. The fourth-order valence-corrected chi connectivity index (χ4v) is 3.14. The zero-order chi connectivity index (χ0) is 24.8. The molecule has 178 valence electrons. The van der Waals surface area contributed by atoms with E-state index in [0.717, 1.165) is 0 Å². The molecule has 4 aromatic rings. The number of aromatic nitrogens is 3. The number of anilines is 6. The van der Waals surface area contributed by atoms with Crippen molar-refractivity contribution < 1.29 is 13.6 Å². The van der Waals surface area contributed by atoms with Gasteiger partial charge < -0.3 is 21.3 Å². The summed E-state index contributed by atoms with van der Waals surface area (Å²) in [5, 5.41) is 12.1. The first kappa shape index (κ1) is 23.8. The van der Waals surface area contributed by atoms with Crippen LogP contribution in [0.2, 0.25) is 5.02 Å². The van der Waals surface area contributed by atoms with Gasteiger partial charge >= 0.3 is 0 Å². The lowest BCUT2D eigenvalue weighted by atomic mass is 10.2. The Balaban J connectivity index is 1.55. The second kappa shape index (κ2) is 10.7. The summed E-state index contributed by atoms with van der Waals surface area (Å²) in [5.41, 5.74) is 1.63. The summed E-state index contributed by atoms with van der Waals surface area (Å²) in [5.74, 6) is -0.724. The Morgan fingerprint density at radius 3 is 1.80 bits per heavy atom. The molecule has 8 nitrogen and oxygen atoms in total. The fraction of sp³-hybridized carbons (Fsp3) is 0.0833. The highest BCUT2D eigenvalue weighted by molar-refractivity contribution is 6.30. The predicted octanol–water partition coefficient (Wildman–Crippen LogP) is 5.73. The molecule has 0 saturated heterocycles. The minimum Gasteiger partial charge on any atom is -0.342 e. The normalized spacial score (nSPS) is 11.4. The maximum absolute atomic E-state index is 13.3. The van der Waals surface area contributed by atoms with Crippen molar-refractivity contribution in [3.63, 3.8) is 0 Å². The monoisotopic (exact) mass is 495 g/mol. The van der Waals surface area contributed by atoms with Crippen molar-refractivity contribution in [2.24, 2.45) is 0 Å². The number of hydrogen-bond donors (Lipinski definition) is 4. The first-order valence-corrected chi connectivity index (χ1v) is 10.9. The fourth-order valence-electron chi connectivity index (χ4n) is 2.95. The summed E-state index contributed by atoms with van der Waals surface area (Å²) in [6, 6.07) is 17.3. The molecule has 0 fully saturated rings. The van der Waals surface area contributed by atoms with Gasteiger partial charge in [0.1, 0.15) is 17.7 Å². The molecule has 0 aliphatic carbocycles. The number of rotatable bonds is 8. The third-order valence-corrected chi connectivity index (χ3v) is 4.90. The van der Waals surface area contributed by atoms with E-state index in [4.69, 9.17) is 11.6 Å². The Morgan fingerprint density at radius 2 is 1.29 bits per heavy atom. The van der Waals surface area contributed by atoms with E-state index in [0.29, 0.717) is 22.1 Å². The standard InChI is InChI=1S/C24H20ClF2N7O/c1-14(21(35)29-20-4-2-3-15(25)13-20)28-22-32-23(30-18-9-5-16(26)6-10-18)34-24(33-22)31-19-11-7-17(27)8-12-19/h2-14H,1H3,(H,29,35)(H3,28,30,31,32,33,34)/t14-/m1/s1. The van der Waals surface area contributed by atoms with Crippen LogP contribution in [0.4, 0.5) is 43.7 Å². The maximum Gasteiger partial charge on any atom is 0.246 e. The minimum absolute atomic E-state index is 0.1000. The highest BCUT2D eigenvalue weighted by atomic mass is 35.5. The van der Waals surface area contributed by atoms with Gasteiger partial charge in [0, 0.05) is 22.1 Å². The third kappa shape index (κ3) is 6.84. The molecule has 0 aliphatic rings. The molecule has 1 heterocycles. The summed E-state index contributed by atoms with van der Waals surface area (Å²) in [6.45, 7) is 1.64. The highest BCUT2D eigenvalue weighted by Crippen LogP contribution is 2.20. The Labute approximate surface area is 204 Å². The summed E-state index contributed by atoms with van der Waals surface area (Å²) < 4.78 is 26.5. The summed E-state index contributed by atoms with van der Waals surface area (Å²) in [7, 11) is 0. The van der Waals surface area contributed by atoms with Crippen LogP contribution >= 0.6 is 11.6 Å². The molecule has 1 amide bonds. The van der Waals surface area contributed by atoms with Crippen molar-refractivity contribution in [1.29, 1.82) is 0 Å². The van der Waals surface area contributed by atoms with E-state index in [1.165, 1.54) is 48.5 Å². The largest absolute Gasteiger partial charge is 0.342 e. The van der Waals surface area contributed by atoms with Gasteiger partial charge in [-0.05, 0) is 73.7 Å². The van der Waals surface area contributed by atoms with Gasteiger partial charge in [-0.15, -0.1) is 0 Å². The predicted molar refractivity (Wildman–Crippen MR) is 132 cm³/mol. The van der Waals surface area contributed by atoms with Crippen LogP contribution in [-0.4, -0.2) is 26.9 Å². The molecule has 35 heavy (non-hydrogen) atoms. The average Bonchev–Trinajstić information content (AvgIpc) is 2.82. The van der Waals surface area contributed by atoms with Crippen LogP contribution in [0.5, 0.6) is 0 Å². The summed E-state index contributed by atoms with van der Waals surface area (Å²) in [6.07, 6.45) is 0. The topological polar surface area (TPSA) is 104 Å². The van der Waals surface area contributed by atoms with E-state index >= 15 is 0 Å². The Bertz CT molecular complexity index is 1250. The SMILES string of the molecule is C[C@@H](Nc1nc(Nc2ccc(F)cc2)nc(Nc2ccc(F)cc2)n1)C(=O)Nc1cccc(Cl)c1. The molecule has 3 aromatic carbocycles. The second-order valence-corrected chi connectivity index (χ2v) is 7.87. The van der Waals surface area contributed by atoms with Gasteiger partial charge in [0.15, 0.2) is 0 Å². The zero-order valence-electron chi connectivity index (χ0n) is 18.4. The van der Waals surface area contributed by atoms with Crippen molar-refractivity contribution in [3.05, 3.63) is 89.5 Å². The lowest BCUT2D eigenvalue weighted by molar-refractivity contribution is -0.116. The van der Waals surface area contributed by atoms with E-state index in [9.17, 15) is 13.6 Å². The van der Waals surface area contributed by atoms with Crippen molar-refractivity contribution in [2.75, 3.05) is 21.3 Å². The van der Waals surface area contributed by atoms with E-state index < -0.39 is 6.04 Å². The molecule has 0 aliphatic heterocycles. The molecule has 4 N–H and O–H groups in total. The van der Waals surface area contributed by atoms with Crippen LogP contribution in [0.1, 0.15) is 6.92 Å². The van der Waals surface area contributed by atoms with Crippen LogP contribution < -0.4 is 21.3 Å². The quantitative estimate of drug-likeness (QED) is 0.247. The first-order chi connectivity index (χ1) is 16.8. The Hall–Kier alpha value is -4.31. The molecule has 11 heteroatoms. The summed E-state index contributed by atoms with van der Waals surface area (Å²) in [4.78, 5) is 25.6. The number of hydrogen-bond acceptors (Lipinski definition) is 7. The number of benzene rings is 3. The zero-order valence-corrected chi connectivity index (χ0v) is 19.1. The van der Waals surface area contributed by atoms with Gasteiger partial charge in [-0.2, -0.15) is 15.0 Å². The van der Waals surface area contributed by atoms with E-state index in [1.54, 1.807) is 31.2 Å². The van der Waals surface area contributed by atoms with E-state index in [2.05, 4.69) is 36.2 Å². The number of amides is 1. The molecule has 4 rings (SSSR count). The molecule has 0 spiro atoms. The van der Waals surface area contributed by atoms with Crippen LogP contribution in [0.3, 0.4) is 0 Å². The molecule has 1 atom stereocenters. The minimum atomic E-state index is -0.728. The van der Waals surface area contributed by atoms with Gasteiger partial charge in [-0.1, -0.05) is 17.7 Å². The Morgan fingerprint density at radius 1 is 0.771 bits per heavy atom. The molecule has 0 radical (unpaired) electrons. The molecule has 0 unspecified atom stereocenters. The molecule has 0 bridgehead atoms. The number of halogens is 3. The lowest BCUT2D eigenvalue weighted by Gasteiger charge is -2.16. The van der Waals surface area contributed by atoms with Gasteiger partial charge in [0.2, 0.25) is 23.8 Å².